The second kappa shape index (κ2) is 5.39. The number of nitrogen functional groups attached to an aromatic ring is 1. The predicted octanol–water partition coefficient (Wildman–Crippen LogP) is 2.13. The van der Waals surface area contributed by atoms with Crippen molar-refractivity contribution in [2.45, 2.75) is 0 Å². The molecule has 2 aromatic rings. The first-order valence-electron chi connectivity index (χ1n) is 5.64. The molecule has 5 heteroatoms. The van der Waals surface area contributed by atoms with Crippen LogP contribution >= 0.6 is 0 Å². The minimum absolute atomic E-state index is 0.125. The molecule has 0 bridgehead atoms. The molecule has 0 aliphatic rings. The van der Waals surface area contributed by atoms with Gasteiger partial charge in [-0.1, -0.05) is 12.1 Å². The zero-order valence-corrected chi connectivity index (χ0v) is 10.7. The topological polar surface area (TPSA) is 74.4 Å². The Morgan fingerprint density at radius 3 is 2.37 bits per heavy atom. The molecule has 1 heterocycles. The van der Waals surface area contributed by atoms with Crippen LogP contribution in [0, 0.1) is 0 Å². The van der Waals surface area contributed by atoms with Gasteiger partial charge in [0.2, 0.25) is 0 Å². The maximum atomic E-state index is 11.4. The van der Waals surface area contributed by atoms with Crippen molar-refractivity contribution < 1.29 is 14.3 Å². The molecule has 5 nitrogen and oxygen atoms in total. The molecule has 2 rings (SSSR count). The molecule has 0 aliphatic heterocycles. The van der Waals surface area contributed by atoms with Gasteiger partial charge >= 0.3 is 5.97 Å². The summed E-state index contributed by atoms with van der Waals surface area (Å²) in [6.45, 7) is 0. The average Bonchev–Trinajstić information content (AvgIpc) is 2.46. The number of hydrogen-bond donors (Lipinski definition) is 1. The molecule has 0 saturated heterocycles. The van der Waals surface area contributed by atoms with Crippen molar-refractivity contribution in [1.29, 1.82) is 0 Å². The first-order chi connectivity index (χ1) is 9.15. The highest BCUT2D eigenvalue weighted by molar-refractivity contribution is 5.93. The van der Waals surface area contributed by atoms with Crippen molar-refractivity contribution in [3.8, 4) is 16.9 Å². The smallest absolute Gasteiger partial charge is 0.358 e. The molecule has 0 unspecified atom stereocenters. The zero-order valence-electron chi connectivity index (χ0n) is 10.7. The first kappa shape index (κ1) is 12.9. The zero-order chi connectivity index (χ0) is 13.8. The summed E-state index contributed by atoms with van der Waals surface area (Å²) in [5.41, 5.74) is 7.99. The van der Waals surface area contributed by atoms with Gasteiger partial charge in [0, 0.05) is 11.8 Å². The molecule has 0 fully saturated rings. The largest absolute Gasteiger partial charge is 0.497 e. The van der Waals surface area contributed by atoms with Gasteiger partial charge < -0.3 is 15.2 Å². The third-order valence-electron chi connectivity index (χ3n) is 2.72. The molecule has 1 aromatic carbocycles. The minimum atomic E-state index is -0.543. The number of methoxy groups -OCH3 is 2. The number of pyridine rings is 1. The fourth-order valence-corrected chi connectivity index (χ4v) is 1.69. The Labute approximate surface area is 111 Å². The van der Waals surface area contributed by atoms with Crippen LogP contribution in [0.1, 0.15) is 10.5 Å². The molecule has 0 spiro atoms. The number of nitrogens with zero attached hydrogens (tertiary/aromatic N) is 1. The molecule has 0 saturated carbocycles. The van der Waals surface area contributed by atoms with E-state index in [2.05, 4.69) is 9.72 Å². The van der Waals surface area contributed by atoms with Gasteiger partial charge in [-0.3, -0.25) is 0 Å². The highest BCUT2D eigenvalue weighted by atomic mass is 16.5. The number of ether oxygens (including phenoxy) is 2. The van der Waals surface area contributed by atoms with Gasteiger partial charge in [0.1, 0.15) is 5.75 Å². The number of carbonyl (C=O) groups excluding carboxylic acids is 1. The summed E-state index contributed by atoms with van der Waals surface area (Å²) in [5, 5.41) is 0. The van der Waals surface area contributed by atoms with Crippen LogP contribution in [0.25, 0.3) is 11.1 Å². The fourth-order valence-electron chi connectivity index (χ4n) is 1.69. The van der Waals surface area contributed by atoms with Crippen LogP contribution in [0.3, 0.4) is 0 Å². The van der Waals surface area contributed by atoms with E-state index < -0.39 is 5.97 Å². The lowest BCUT2D eigenvalue weighted by atomic mass is 10.1. The number of anilines is 1. The molecule has 98 valence electrons. The third kappa shape index (κ3) is 2.65. The van der Waals surface area contributed by atoms with E-state index in [9.17, 15) is 4.79 Å². The van der Waals surface area contributed by atoms with Crippen LogP contribution in [-0.4, -0.2) is 25.2 Å². The van der Waals surface area contributed by atoms with Crippen LogP contribution in [-0.2, 0) is 4.74 Å². The van der Waals surface area contributed by atoms with Crippen LogP contribution in [0.15, 0.2) is 36.5 Å². The van der Waals surface area contributed by atoms with Crippen LogP contribution < -0.4 is 10.5 Å². The van der Waals surface area contributed by atoms with E-state index in [1.165, 1.54) is 7.11 Å². The number of rotatable bonds is 3. The molecular weight excluding hydrogens is 244 g/mol. The monoisotopic (exact) mass is 258 g/mol. The van der Waals surface area contributed by atoms with E-state index in [0.717, 1.165) is 16.9 Å². The molecule has 0 radical (unpaired) electrons. The van der Waals surface area contributed by atoms with E-state index in [1.54, 1.807) is 19.4 Å². The Kier molecular flexibility index (Phi) is 3.66. The SMILES string of the molecule is COC(=O)c1ncc(-c2ccc(OC)cc2)cc1N. The summed E-state index contributed by atoms with van der Waals surface area (Å²) in [5.74, 6) is 0.231. The third-order valence-corrected chi connectivity index (χ3v) is 2.72. The van der Waals surface area contributed by atoms with Crippen molar-refractivity contribution in [2.24, 2.45) is 0 Å². The molecule has 0 amide bonds. The number of benzene rings is 1. The maximum Gasteiger partial charge on any atom is 0.358 e. The lowest BCUT2D eigenvalue weighted by molar-refractivity contribution is 0.0595. The van der Waals surface area contributed by atoms with Gasteiger partial charge in [0.15, 0.2) is 5.69 Å². The molecule has 2 N–H and O–H groups in total. The Hall–Kier alpha value is -2.56. The van der Waals surface area contributed by atoms with Gasteiger partial charge in [-0.2, -0.15) is 0 Å². The summed E-state index contributed by atoms with van der Waals surface area (Å²) in [6, 6.07) is 9.18. The highest BCUT2D eigenvalue weighted by Crippen LogP contribution is 2.24. The Morgan fingerprint density at radius 1 is 1.16 bits per heavy atom. The standard InChI is InChI=1S/C14H14N2O3/c1-18-11-5-3-9(4-6-11)10-7-12(15)13(16-8-10)14(17)19-2/h3-8H,15H2,1-2H3. The lowest BCUT2D eigenvalue weighted by Crippen LogP contribution is -2.08. The van der Waals surface area contributed by atoms with E-state index in [1.807, 2.05) is 24.3 Å². The van der Waals surface area contributed by atoms with E-state index in [-0.39, 0.29) is 5.69 Å². The van der Waals surface area contributed by atoms with E-state index in [0.29, 0.717) is 5.69 Å². The summed E-state index contributed by atoms with van der Waals surface area (Å²) in [7, 11) is 2.90. The van der Waals surface area contributed by atoms with E-state index in [4.69, 9.17) is 10.5 Å². The second-order valence-corrected chi connectivity index (χ2v) is 3.88. The maximum absolute atomic E-state index is 11.4. The number of esters is 1. The van der Waals surface area contributed by atoms with Crippen molar-refractivity contribution in [1.82, 2.24) is 4.98 Å². The number of aromatic nitrogens is 1. The first-order valence-corrected chi connectivity index (χ1v) is 5.64. The van der Waals surface area contributed by atoms with Crippen LogP contribution in [0.5, 0.6) is 5.75 Å². The molecular formula is C14H14N2O3. The Morgan fingerprint density at radius 2 is 1.84 bits per heavy atom. The van der Waals surface area contributed by atoms with Gasteiger partial charge in [-0.15, -0.1) is 0 Å². The summed E-state index contributed by atoms with van der Waals surface area (Å²) in [6.07, 6.45) is 1.59. The lowest BCUT2D eigenvalue weighted by Gasteiger charge is -2.07. The Balaban J connectivity index is 2.35. The van der Waals surface area contributed by atoms with Crippen molar-refractivity contribution >= 4 is 11.7 Å². The van der Waals surface area contributed by atoms with Gasteiger partial charge in [0.05, 0.1) is 19.9 Å². The number of carbonyl (C=O) groups is 1. The van der Waals surface area contributed by atoms with E-state index >= 15 is 0 Å². The predicted molar refractivity (Wildman–Crippen MR) is 72.0 cm³/mol. The molecule has 19 heavy (non-hydrogen) atoms. The normalized spacial score (nSPS) is 10.0. The summed E-state index contributed by atoms with van der Waals surface area (Å²) >= 11 is 0. The van der Waals surface area contributed by atoms with Crippen molar-refractivity contribution in [3.63, 3.8) is 0 Å². The minimum Gasteiger partial charge on any atom is -0.497 e. The Bertz CT molecular complexity index is 594. The summed E-state index contributed by atoms with van der Waals surface area (Å²) in [4.78, 5) is 15.4. The quantitative estimate of drug-likeness (QED) is 0.853. The van der Waals surface area contributed by atoms with Gasteiger partial charge in [-0.25, -0.2) is 9.78 Å². The van der Waals surface area contributed by atoms with Gasteiger partial charge in [-0.05, 0) is 23.8 Å². The summed E-state index contributed by atoms with van der Waals surface area (Å²) < 4.78 is 9.69. The highest BCUT2D eigenvalue weighted by Gasteiger charge is 2.12. The number of hydrogen-bond acceptors (Lipinski definition) is 5. The van der Waals surface area contributed by atoms with Crippen molar-refractivity contribution in [3.05, 3.63) is 42.2 Å². The van der Waals surface area contributed by atoms with Gasteiger partial charge in [0.25, 0.3) is 0 Å². The number of nitrogens with two attached hydrogens (primary N) is 1. The van der Waals surface area contributed by atoms with Crippen LogP contribution in [0.2, 0.25) is 0 Å². The fraction of sp³-hybridized carbons (Fsp3) is 0.143. The van der Waals surface area contributed by atoms with Crippen molar-refractivity contribution in [2.75, 3.05) is 20.0 Å². The molecule has 0 atom stereocenters. The van der Waals surface area contributed by atoms with Crippen LogP contribution in [0.4, 0.5) is 5.69 Å². The second-order valence-electron chi connectivity index (χ2n) is 3.88. The molecule has 1 aromatic heterocycles. The average molecular weight is 258 g/mol. The molecule has 0 aliphatic carbocycles.